The zero-order chi connectivity index (χ0) is 12.8. The highest BCUT2D eigenvalue weighted by atomic mass is 32.2. The second-order valence-corrected chi connectivity index (χ2v) is 5.10. The van der Waals surface area contributed by atoms with Crippen LogP contribution in [0.1, 0.15) is 19.5 Å². The van der Waals surface area contributed by atoms with Crippen molar-refractivity contribution in [3.63, 3.8) is 0 Å². The maximum atomic E-state index is 10.8. The van der Waals surface area contributed by atoms with Crippen LogP contribution in [0.4, 0.5) is 11.5 Å². The Bertz CT molecular complexity index is 398. The molecule has 0 bridgehead atoms. The number of anilines is 1. The third-order valence-electron chi connectivity index (χ3n) is 2.16. The van der Waals surface area contributed by atoms with E-state index in [-0.39, 0.29) is 11.7 Å². The van der Waals surface area contributed by atoms with Crippen LogP contribution in [0.15, 0.2) is 12.1 Å². The first-order valence-electron chi connectivity index (χ1n) is 5.51. The minimum absolute atomic E-state index is 0.0314. The van der Waals surface area contributed by atoms with E-state index in [1.807, 2.05) is 13.8 Å². The smallest absolute Gasteiger partial charge is 0.311 e. The molecule has 1 aromatic heterocycles. The fourth-order valence-electron chi connectivity index (χ4n) is 1.37. The summed E-state index contributed by atoms with van der Waals surface area (Å²) in [5.74, 6) is 2.30. The number of pyridine rings is 1. The van der Waals surface area contributed by atoms with Gasteiger partial charge in [-0.25, -0.2) is 4.98 Å². The van der Waals surface area contributed by atoms with E-state index in [0.717, 1.165) is 17.2 Å². The zero-order valence-electron chi connectivity index (χ0n) is 10.3. The lowest BCUT2D eigenvalue weighted by Crippen LogP contribution is -2.20. The molecule has 1 atom stereocenters. The van der Waals surface area contributed by atoms with Crippen molar-refractivity contribution in [1.82, 2.24) is 4.98 Å². The lowest BCUT2D eigenvalue weighted by atomic mass is 10.3. The monoisotopic (exact) mass is 255 g/mol. The number of aromatic nitrogens is 1. The van der Waals surface area contributed by atoms with E-state index in [1.54, 1.807) is 17.8 Å². The molecule has 0 fully saturated rings. The lowest BCUT2D eigenvalue weighted by molar-refractivity contribution is -0.384. The van der Waals surface area contributed by atoms with Crippen LogP contribution in [0.3, 0.4) is 0 Å². The third kappa shape index (κ3) is 4.22. The molecule has 0 radical (unpaired) electrons. The van der Waals surface area contributed by atoms with E-state index in [0.29, 0.717) is 5.82 Å². The van der Waals surface area contributed by atoms with Crippen LogP contribution in [-0.2, 0) is 0 Å². The summed E-state index contributed by atoms with van der Waals surface area (Å²) in [6.07, 6.45) is 0. The van der Waals surface area contributed by atoms with E-state index < -0.39 is 4.92 Å². The summed E-state index contributed by atoms with van der Waals surface area (Å²) in [6, 6.07) is 3.30. The Morgan fingerprint density at radius 2 is 2.29 bits per heavy atom. The molecule has 0 aliphatic heterocycles. The summed E-state index contributed by atoms with van der Waals surface area (Å²) < 4.78 is 0. The number of hydrogen-bond acceptors (Lipinski definition) is 5. The molecule has 1 aromatic rings. The normalized spacial score (nSPS) is 12.2. The Labute approximate surface area is 105 Å². The average Bonchev–Trinajstić information content (AvgIpc) is 2.26. The van der Waals surface area contributed by atoms with Gasteiger partial charge >= 0.3 is 5.69 Å². The Kier molecular flexibility index (Phi) is 5.21. The van der Waals surface area contributed by atoms with E-state index in [2.05, 4.69) is 17.2 Å². The van der Waals surface area contributed by atoms with Crippen molar-refractivity contribution in [2.75, 3.05) is 16.8 Å². The molecule has 0 aliphatic rings. The molecule has 1 unspecified atom stereocenters. The number of hydrogen-bond donors (Lipinski definition) is 1. The summed E-state index contributed by atoms with van der Waals surface area (Å²) in [5, 5.41) is 13.9. The van der Waals surface area contributed by atoms with Gasteiger partial charge in [0.05, 0.1) is 4.92 Å². The van der Waals surface area contributed by atoms with Gasteiger partial charge in [-0.15, -0.1) is 0 Å². The van der Waals surface area contributed by atoms with Gasteiger partial charge in [0.25, 0.3) is 0 Å². The van der Waals surface area contributed by atoms with E-state index >= 15 is 0 Å². The first-order chi connectivity index (χ1) is 8.04. The van der Waals surface area contributed by atoms with Gasteiger partial charge in [-0.05, 0) is 25.7 Å². The highest BCUT2D eigenvalue weighted by Crippen LogP contribution is 2.23. The van der Waals surface area contributed by atoms with Crippen molar-refractivity contribution in [1.29, 1.82) is 0 Å². The van der Waals surface area contributed by atoms with Gasteiger partial charge in [-0.3, -0.25) is 10.1 Å². The van der Waals surface area contributed by atoms with Gasteiger partial charge in [0, 0.05) is 23.6 Å². The van der Waals surface area contributed by atoms with Crippen LogP contribution >= 0.6 is 11.8 Å². The number of nitro groups is 1. The second-order valence-electron chi connectivity index (χ2n) is 3.78. The van der Waals surface area contributed by atoms with Crippen LogP contribution in [0, 0.1) is 17.0 Å². The molecule has 0 saturated carbocycles. The van der Waals surface area contributed by atoms with Crippen molar-refractivity contribution >= 4 is 23.3 Å². The van der Waals surface area contributed by atoms with E-state index in [4.69, 9.17) is 0 Å². The van der Waals surface area contributed by atoms with Crippen molar-refractivity contribution in [2.45, 2.75) is 26.8 Å². The Morgan fingerprint density at radius 1 is 1.59 bits per heavy atom. The largest absolute Gasteiger partial charge is 0.361 e. The summed E-state index contributed by atoms with van der Waals surface area (Å²) >= 11 is 1.79. The number of aryl methyl sites for hydroxylation is 1. The second kappa shape index (κ2) is 6.44. The molecule has 1 heterocycles. The van der Waals surface area contributed by atoms with Crippen LogP contribution in [0.5, 0.6) is 0 Å². The zero-order valence-corrected chi connectivity index (χ0v) is 11.1. The highest BCUT2D eigenvalue weighted by Gasteiger charge is 2.16. The molecule has 17 heavy (non-hydrogen) atoms. The standard InChI is InChI=1S/C11H17N3O2S/c1-4-17-7-9(3)13-11-10(14(15)16)6-5-8(2)12-11/h5-6,9H,4,7H2,1-3H3,(H,12,13). The molecule has 94 valence electrons. The van der Waals surface area contributed by atoms with Gasteiger partial charge in [-0.1, -0.05) is 6.92 Å². The minimum atomic E-state index is -0.408. The molecule has 1 N–H and O–H groups in total. The maximum absolute atomic E-state index is 10.8. The molecule has 5 nitrogen and oxygen atoms in total. The van der Waals surface area contributed by atoms with Gasteiger partial charge in [0.2, 0.25) is 5.82 Å². The van der Waals surface area contributed by atoms with Crippen molar-refractivity contribution in [3.8, 4) is 0 Å². The number of rotatable bonds is 6. The van der Waals surface area contributed by atoms with Crippen LogP contribution in [0.2, 0.25) is 0 Å². The Balaban J connectivity index is 2.81. The molecule has 6 heteroatoms. The highest BCUT2D eigenvalue weighted by molar-refractivity contribution is 7.99. The van der Waals surface area contributed by atoms with Gasteiger partial charge in [-0.2, -0.15) is 11.8 Å². The molecular formula is C11H17N3O2S. The van der Waals surface area contributed by atoms with Crippen molar-refractivity contribution in [3.05, 3.63) is 27.9 Å². The first-order valence-corrected chi connectivity index (χ1v) is 6.66. The molecule has 1 rings (SSSR count). The number of thioether (sulfide) groups is 1. The van der Waals surface area contributed by atoms with Gasteiger partial charge in [0.15, 0.2) is 0 Å². The molecule has 0 aromatic carbocycles. The molecule has 0 spiro atoms. The third-order valence-corrected chi connectivity index (χ3v) is 3.31. The Hall–Kier alpha value is -1.30. The lowest BCUT2D eigenvalue weighted by Gasteiger charge is -2.13. The van der Waals surface area contributed by atoms with Gasteiger partial charge in [0.1, 0.15) is 0 Å². The first kappa shape index (κ1) is 13.8. The number of nitrogens with one attached hydrogen (secondary N) is 1. The predicted molar refractivity (Wildman–Crippen MR) is 71.7 cm³/mol. The summed E-state index contributed by atoms with van der Waals surface area (Å²) in [7, 11) is 0. The quantitative estimate of drug-likeness (QED) is 0.625. The van der Waals surface area contributed by atoms with Crippen LogP contribution in [-0.4, -0.2) is 27.5 Å². The fraction of sp³-hybridized carbons (Fsp3) is 0.545. The van der Waals surface area contributed by atoms with Gasteiger partial charge < -0.3 is 5.32 Å². The van der Waals surface area contributed by atoms with E-state index in [9.17, 15) is 10.1 Å². The SMILES string of the molecule is CCSCC(C)Nc1nc(C)ccc1[N+](=O)[O-]. The molecular weight excluding hydrogens is 238 g/mol. The van der Waals surface area contributed by atoms with E-state index in [1.165, 1.54) is 6.07 Å². The van der Waals surface area contributed by atoms with Crippen LogP contribution in [0.25, 0.3) is 0 Å². The summed E-state index contributed by atoms with van der Waals surface area (Å²) in [4.78, 5) is 14.6. The fourth-order valence-corrected chi connectivity index (χ4v) is 2.05. The molecule has 0 amide bonds. The van der Waals surface area contributed by atoms with Crippen molar-refractivity contribution in [2.24, 2.45) is 0 Å². The molecule has 0 saturated heterocycles. The summed E-state index contributed by atoms with van der Waals surface area (Å²) in [5.41, 5.74) is 0.803. The maximum Gasteiger partial charge on any atom is 0.311 e. The molecule has 0 aliphatic carbocycles. The average molecular weight is 255 g/mol. The van der Waals surface area contributed by atoms with Crippen molar-refractivity contribution < 1.29 is 4.92 Å². The number of nitrogens with zero attached hydrogens (tertiary/aromatic N) is 2. The minimum Gasteiger partial charge on any atom is -0.361 e. The Morgan fingerprint density at radius 3 is 2.88 bits per heavy atom. The van der Waals surface area contributed by atoms with Crippen LogP contribution < -0.4 is 5.32 Å². The predicted octanol–water partition coefficient (Wildman–Crippen LogP) is 2.85. The summed E-state index contributed by atoms with van der Waals surface area (Å²) in [6.45, 7) is 5.90. The topological polar surface area (TPSA) is 68.1 Å².